The van der Waals surface area contributed by atoms with Gasteiger partial charge in [-0.3, -0.25) is 4.79 Å². The zero-order valence-corrected chi connectivity index (χ0v) is 17.1. The standard InChI is InChI=1S/C23H22N2O4S/c26-23(12-11-19-7-3-6-18-5-1-2-10-22(18)19)24-20-8-4-9-21(17-20)30(27,28)25-13-15-29-16-14-25/h1-12,17H,13-16H2,(H,24,26). The molecule has 3 aromatic carbocycles. The van der Waals surface area contributed by atoms with E-state index in [9.17, 15) is 13.2 Å². The number of anilines is 1. The number of carbonyl (C=O) groups excluding carboxylic acids is 1. The van der Waals surface area contributed by atoms with Crippen molar-refractivity contribution in [2.75, 3.05) is 31.6 Å². The molecule has 0 atom stereocenters. The number of fused-ring (bicyclic) bond motifs is 1. The van der Waals surface area contributed by atoms with Crippen molar-refractivity contribution in [3.8, 4) is 0 Å². The number of sulfonamides is 1. The predicted molar refractivity (Wildman–Crippen MR) is 118 cm³/mol. The molecule has 1 amide bonds. The van der Waals surface area contributed by atoms with Gasteiger partial charge in [0.15, 0.2) is 0 Å². The second-order valence-electron chi connectivity index (χ2n) is 6.94. The van der Waals surface area contributed by atoms with Crippen molar-refractivity contribution in [2.24, 2.45) is 0 Å². The lowest BCUT2D eigenvalue weighted by atomic mass is 10.0. The third kappa shape index (κ3) is 4.43. The summed E-state index contributed by atoms with van der Waals surface area (Å²) in [6.07, 6.45) is 3.21. The highest BCUT2D eigenvalue weighted by Gasteiger charge is 2.26. The maximum atomic E-state index is 12.8. The van der Waals surface area contributed by atoms with Gasteiger partial charge in [0.2, 0.25) is 15.9 Å². The van der Waals surface area contributed by atoms with Gasteiger partial charge in [-0.05, 0) is 40.6 Å². The predicted octanol–water partition coefficient (Wildman–Crippen LogP) is 3.51. The number of benzene rings is 3. The normalized spacial score (nSPS) is 15.5. The molecule has 3 aromatic rings. The number of hydrogen-bond acceptors (Lipinski definition) is 4. The first-order chi connectivity index (χ1) is 14.5. The van der Waals surface area contributed by atoms with Crippen LogP contribution in [-0.2, 0) is 19.6 Å². The van der Waals surface area contributed by atoms with E-state index in [1.807, 2.05) is 42.5 Å². The molecule has 0 aliphatic carbocycles. The molecule has 0 aromatic heterocycles. The summed E-state index contributed by atoms with van der Waals surface area (Å²) in [5.74, 6) is -0.330. The quantitative estimate of drug-likeness (QED) is 0.639. The van der Waals surface area contributed by atoms with Gasteiger partial charge in [-0.15, -0.1) is 0 Å². The van der Waals surface area contributed by atoms with E-state index >= 15 is 0 Å². The second-order valence-corrected chi connectivity index (χ2v) is 8.87. The van der Waals surface area contributed by atoms with E-state index in [1.165, 1.54) is 22.5 Å². The highest BCUT2D eigenvalue weighted by molar-refractivity contribution is 7.89. The third-order valence-corrected chi connectivity index (χ3v) is 6.84. The first-order valence-corrected chi connectivity index (χ1v) is 11.1. The topological polar surface area (TPSA) is 75.7 Å². The van der Waals surface area contributed by atoms with Crippen LogP contribution in [0, 0.1) is 0 Å². The van der Waals surface area contributed by atoms with Crippen LogP contribution in [0.25, 0.3) is 16.8 Å². The van der Waals surface area contributed by atoms with Gasteiger partial charge in [0.25, 0.3) is 0 Å². The average Bonchev–Trinajstić information content (AvgIpc) is 2.78. The number of rotatable bonds is 5. The number of amides is 1. The Labute approximate surface area is 175 Å². The van der Waals surface area contributed by atoms with Gasteiger partial charge < -0.3 is 10.1 Å². The molecule has 4 rings (SSSR count). The smallest absolute Gasteiger partial charge is 0.248 e. The molecule has 0 bridgehead atoms. The van der Waals surface area contributed by atoms with Gasteiger partial charge in [-0.25, -0.2) is 8.42 Å². The molecule has 1 saturated heterocycles. The molecule has 0 unspecified atom stereocenters. The number of nitrogens with zero attached hydrogens (tertiary/aromatic N) is 1. The summed E-state index contributed by atoms with van der Waals surface area (Å²) in [4.78, 5) is 12.6. The summed E-state index contributed by atoms with van der Waals surface area (Å²) in [7, 11) is -3.62. The molecule has 7 heteroatoms. The summed E-state index contributed by atoms with van der Waals surface area (Å²) in [5.41, 5.74) is 1.36. The molecular weight excluding hydrogens is 400 g/mol. The molecule has 30 heavy (non-hydrogen) atoms. The van der Waals surface area contributed by atoms with Crippen molar-refractivity contribution >= 4 is 38.5 Å². The fraction of sp³-hybridized carbons (Fsp3) is 0.174. The van der Waals surface area contributed by atoms with E-state index in [2.05, 4.69) is 5.32 Å². The van der Waals surface area contributed by atoms with Crippen LogP contribution in [0.5, 0.6) is 0 Å². The minimum Gasteiger partial charge on any atom is -0.379 e. The molecule has 0 radical (unpaired) electrons. The van der Waals surface area contributed by atoms with Crippen LogP contribution >= 0.6 is 0 Å². The highest BCUT2D eigenvalue weighted by Crippen LogP contribution is 2.22. The summed E-state index contributed by atoms with van der Waals surface area (Å²) >= 11 is 0. The number of nitrogens with one attached hydrogen (secondary N) is 1. The maximum Gasteiger partial charge on any atom is 0.248 e. The Balaban J connectivity index is 1.50. The lowest BCUT2D eigenvalue weighted by Gasteiger charge is -2.26. The summed E-state index contributed by atoms with van der Waals surface area (Å²) in [6, 6.07) is 20.2. The van der Waals surface area contributed by atoms with Crippen LogP contribution < -0.4 is 5.32 Å². The van der Waals surface area contributed by atoms with Gasteiger partial charge in [0, 0.05) is 24.9 Å². The summed E-state index contributed by atoms with van der Waals surface area (Å²) in [6.45, 7) is 1.42. The Hall–Kier alpha value is -3.00. The van der Waals surface area contributed by atoms with Crippen LogP contribution in [0.1, 0.15) is 5.56 Å². The molecule has 154 valence electrons. The van der Waals surface area contributed by atoms with E-state index < -0.39 is 10.0 Å². The Morgan fingerprint density at radius 1 is 0.967 bits per heavy atom. The molecule has 1 aliphatic heterocycles. The maximum absolute atomic E-state index is 12.8. The van der Waals surface area contributed by atoms with E-state index in [1.54, 1.807) is 18.2 Å². The molecule has 0 spiro atoms. The Morgan fingerprint density at radius 3 is 2.53 bits per heavy atom. The number of carbonyl (C=O) groups is 1. The van der Waals surface area contributed by atoms with Crippen molar-refractivity contribution in [3.63, 3.8) is 0 Å². The first-order valence-electron chi connectivity index (χ1n) is 9.69. The molecule has 1 aliphatic rings. The SMILES string of the molecule is O=C(C=Cc1cccc2ccccc12)Nc1cccc(S(=O)(=O)N2CCOCC2)c1. The number of ether oxygens (including phenoxy) is 1. The average molecular weight is 423 g/mol. The van der Waals surface area contributed by atoms with Crippen molar-refractivity contribution < 1.29 is 17.9 Å². The number of hydrogen-bond donors (Lipinski definition) is 1. The van der Waals surface area contributed by atoms with Crippen LogP contribution in [0.4, 0.5) is 5.69 Å². The van der Waals surface area contributed by atoms with Gasteiger partial charge in [-0.1, -0.05) is 48.5 Å². The van der Waals surface area contributed by atoms with Crippen LogP contribution in [0.3, 0.4) is 0 Å². The van der Waals surface area contributed by atoms with Crippen molar-refractivity contribution in [1.29, 1.82) is 0 Å². The van der Waals surface area contributed by atoms with Crippen molar-refractivity contribution in [1.82, 2.24) is 4.31 Å². The van der Waals surface area contributed by atoms with E-state index in [4.69, 9.17) is 4.74 Å². The summed E-state index contributed by atoms with van der Waals surface area (Å²) < 4.78 is 32.2. The van der Waals surface area contributed by atoms with Gasteiger partial charge >= 0.3 is 0 Å². The minimum absolute atomic E-state index is 0.153. The molecule has 1 N–H and O–H groups in total. The minimum atomic E-state index is -3.62. The zero-order chi connectivity index (χ0) is 21.0. The van der Waals surface area contributed by atoms with E-state index in [0.29, 0.717) is 32.0 Å². The zero-order valence-electron chi connectivity index (χ0n) is 16.3. The highest BCUT2D eigenvalue weighted by atomic mass is 32.2. The molecular formula is C23H22N2O4S. The van der Waals surface area contributed by atoms with Gasteiger partial charge in [0.05, 0.1) is 18.1 Å². The van der Waals surface area contributed by atoms with E-state index in [0.717, 1.165) is 16.3 Å². The van der Waals surface area contributed by atoms with Gasteiger partial charge in [-0.2, -0.15) is 4.31 Å². The van der Waals surface area contributed by atoms with Gasteiger partial charge in [0.1, 0.15) is 0 Å². The largest absolute Gasteiger partial charge is 0.379 e. The Morgan fingerprint density at radius 2 is 1.70 bits per heavy atom. The lowest BCUT2D eigenvalue weighted by Crippen LogP contribution is -2.40. The van der Waals surface area contributed by atoms with Crippen LogP contribution in [0.2, 0.25) is 0 Å². The Bertz CT molecular complexity index is 1190. The molecule has 1 heterocycles. The van der Waals surface area contributed by atoms with Crippen LogP contribution in [-0.4, -0.2) is 44.9 Å². The first kappa shape index (κ1) is 20.3. The fourth-order valence-corrected chi connectivity index (χ4v) is 4.87. The molecule has 0 saturated carbocycles. The van der Waals surface area contributed by atoms with Crippen LogP contribution in [0.15, 0.2) is 77.7 Å². The van der Waals surface area contributed by atoms with Crippen molar-refractivity contribution in [3.05, 3.63) is 78.4 Å². The summed E-state index contributed by atoms with van der Waals surface area (Å²) in [5, 5.41) is 4.90. The fourth-order valence-electron chi connectivity index (χ4n) is 3.42. The monoisotopic (exact) mass is 422 g/mol. The molecule has 1 fully saturated rings. The molecule has 6 nitrogen and oxygen atoms in total. The van der Waals surface area contributed by atoms with E-state index in [-0.39, 0.29) is 10.8 Å². The lowest BCUT2D eigenvalue weighted by molar-refractivity contribution is -0.111. The van der Waals surface area contributed by atoms with Crippen molar-refractivity contribution in [2.45, 2.75) is 4.90 Å². The third-order valence-electron chi connectivity index (χ3n) is 4.95. The second kappa shape index (κ2) is 8.79. The Kier molecular flexibility index (Phi) is 5.94. The number of morpholine rings is 1.